The summed E-state index contributed by atoms with van der Waals surface area (Å²) in [5.41, 5.74) is 0.628. The normalized spacial score (nSPS) is 14.9. The van der Waals surface area contributed by atoms with Gasteiger partial charge in [-0.3, -0.25) is 0 Å². The fourth-order valence-electron chi connectivity index (χ4n) is 1.69. The van der Waals surface area contributed by atoms with Crippen LogP contribution in [-0.4, -0.2) is 10.7 Å². The number of hydrogen-bond donors (Lipinski definition) is 1. The summed E-state index contributed by atoms with van der Waals surface area (Å²) in [6.45, 7) is 4.07. The SMILES string of the molecule is CCCCC(C)(O)Cc1ccc(Br)cc1. The Hall–Kier alpha value is -0.340. The van der Waals surface area contributed by atoms with Gasteiger partial charge < -0.3 is 5.11 Å². The van der Waals surface area contributed by atoms with Crippen LogP contribution in [0, 0.1) is 0 Å². The van der Waals surface area contributed by atoms with Crippen molar-refractivity contribution < 1.29 is 5.11 Å². The van der Waals surface area contributed by atoms with Gasteiger partial charge in [-0.1, -0.05) is 47.8 Å². The molecule has 0 aliphatic carbocycles. The molecule has 15 heavy (non-hydrogen) atoms. The highest BCUT2D eigenvalue weighted by molar-refractivity contribution is 9.10. The average Bonchev–Trinajstić information content (AvgIpc) is 2.18. The highest BCUT2D eigenvalue weighted by atomic mass is 79.9. The van der Waals surface area contributed by atoms with E-state index in [9.17, 15) is 5.11 Å². The second-order valence-electron chi connectivity index (χ2n) is 4.40. The first-order chi connectivity index (χ1) is 7.03. The van der Waals surface area contributed by atoms with Gasteiger partial charge in [0.05, 0.1) is 5.60 Å². The molecule has 0 saturated heterocycles. The zero-order valence-electron chi connectivity index (χ0n) is 9.46. The van der Waals surface area contributed by atoms with Crippen molar-refractivity contribution in [1.82, 2.24) is 0 Å². The molecule has 1 atom stereocenters. The van der Waals surface area contributed by atoms with Crippen LogP contribution in [0.15, 0.2) is 28.7 Å². The van der Waals surface area contributed by atoms with Gasteiger partial charge in [0.2, 0.25) is 0 Å². The van der Waals surface area contributed by atoms with Gasteiger partial charge in [0, 0.05) is 10.9 Å². The van der Waals surface area contributed by atoms with Crippen molar-refractivity contribution in [3.8, 4) is 0 Å². The largest absolute Gasteiger partial charge is 0.390 e. The molecule has 0 radical (unpaired) electrons. The van der Waals surface area contributed by atoms with Crippen molar-refractivity contribution in [3.05, 3.63) is 34.3 Å². The summed E-state index contributed by atoms with van der Waals surface area (Å²) in [5.74, 6) is 0. The van der Waals surface area contributed by atoms with Gasteiger partial charge in [-0.2, -0.15) is 0 Å². The molecule has 0 amide bonds. The number of halogens is 1. The number of hydrogen-bond acceptors (Lipinski definition) is 1. The van der Waals surface area contributed by atoms with E-state index in [4.69, 9.17) is 0 Å². The molecule has 1 rings (SSSR count). The van der Waals surface area contributed by atoms with E-state index in [-0.39, 0.29) is 0 Å². The summed E-state index contributed by atoms with van der Waals surface area (Å²) in [6, 6.07) is 8.16. The van der Waals surface area contributed by atoms with E-state index in [0.29, 0.717) is 0 Å². The quantitative estimate of drug-likeness (QED) is 0.860. The van der Waals surface area contributed by atoms with Crippen LogP contribution in [0.2, 0.25) is 0 Å². The van der Waals surface area contributed by atoms with Crippen molar-refractivity contribution in [3.63, 3.8) is 0 Å². The Kier molecular flexibility index (Phi) is 4.81. The number of benzene rings is 1. The highest BCUT2D eigenvalue weighted by Crippen LogP contribution is 2.20. The number of aliphatic hydroxyl groups is 1. The zero-order chi connectivity index (χ0) is 11.3. The zero-order valence-corrected chi connectivity index (χ0v) is 11.0. The second-order valence-corrected chi connectivity index (χ2v) is 5.32. The summed E-state index contributed by atoms with van der Waals surface area (Å²) in [6.07, 6.45) is 3.83. The molecule has 1 nitrogen and oxygen atoms in total. The minimum absolute atomic E-state index is 0.566. The van der Waals surface area contributed by atoms with Crippen molar-refractivity contribution in [2.45, 2.75) is 45.1 Å². The maximum absolute atomic E-state index is 10.2. The molecule has 2 heteroatoms. The van der Waals surface area contributed by atoms with Crippen LogP contribution in [0.1, 0.15) is 38.7 Å². The Bertz CT molecular complexity index is 290. The van der Waals surface area contributed by atoms with E-state index in [1.807, 2.05) is 19.1 Å². The fourth-order valence-corrected chi connectivity index (χ4v) is 1.95. The molecule has 0 saturated carbocycles. The monoisotopic (exact) mass is 270 g/mol. The van der Waals surface area contributed by atoms with Crippen molar-refractivity contribution >= 4 is 15.9 Å². The molecule has 0 bridgehead atoms. The first-order valence-electron chi connectivity index (χ1n) is 5.50. The lowest BCUT2D eigenvalue weighted by molar-refractivity contribution is 0.0490. The predicted octanol–water partition coefficient (Wildman–Crippen LogP) is 3.93. The summed E-state index contributed by atoms with van der Waals surface area (Å²) >= 11 is 3.40. The van der Waals surface area contributed by atoms with Gasteiger partial charge in [-0.15, -0.1) is 0 Å². The van der Waals surface area contributed by atoms with E-state index >= 15 is 0 Å². The number of unbranched alkanes of at least 4 members (excludes halogenated alkanes) is 1. The standard InChI is InChI=1S/C13H19BrO/c1-3-4-9-13(2,15)10-11-5-7-12(14)8-6-11/h5-8,15H,3-4,9-10H2,1-2H3. The van der Waals surface area contributed by atoms with E-state index in [1.54, 1.807) is 0 Å². The lowest BCUT2D eigenvalue weighted by Gasteiger charge is -2.23. The van der Waals surface area contributed by atoms with Gasteiger partial charge in [0.1, 0.15) is 0 Å². The number of rotatable bonds is 5. The highest BCUT2D eigenvalue weighted by Gasteiger charge is 2.19. The van der Waals surface area contributed by atoms with Crippen molar-refractivity contribution in [1.29, 1.82) is 0 Å². The van der Waals surface area contributed by atoms with Gasteiger partial charge in [-0.05, 0) is 31.0 Å². The Morgan fingerprint density at radius 1 is 1.27 bits per heavy atom. The first kappa shape index (κ1) is 12.7. The molecule has 0 aliphatic rings. The third kappa shape index (κ3) is 4.80. The molecule has 0 aliphatic heterocycles. The van der Waals surface area contributed by atoms with Crippen LogP contribution in [-0.2, 0) is 6.42 Å². The predicted molar refractivity (Wildman–Crippen MR) is 68.0 cm³/mol. The van der Waals surface area contributed by atoms with Gasteiger partial charge in [-0.25, -0.2) is 0 Å². The molecular formula is C13H19BrO. The minimum Gasteiger partial charge on any atom is -0.390 e. The molecule has 1 aromatic carbocycles. The average molecular weight is 271 g/mol. The van der Waals surface area contributed by atoms with Crippen molar-refractivity contribution in [2.75, 3.05) is 0 Å². The topological polar surface area (TPSA) is 20.2 Å². The van der Waals surface area contributed by atoms with Crippen molar-refractivity contribution in [2.24, 2.45) is 0 Å². The van der Waals surface area contributed by atoms with Crippen LogP contribution in [0.25, 0.3) is 0 Å². The maximum Gasteiger partial charge on any atom is 0.0660 e. The molecule has 1 N–H and O–H groups in total. The maximum atomic E-state index is 10.2. The van der Waals surface area contributed by atoms with E-state index in [1.165, 1.54) is 5.56 Å². The summed E-state index contributed by atoms with van der Waals surface area (Å²) in [5, 5.41) is 10.2. The lowest BCUT2D eigenvalue weighted by atomic mass is 9.91. The van der Waals surface area contributed by atoms with Crippen LogP contribution >= 0.6 is 15.9 Å². The van der Waals surface area contributed by atoms with Crippen LogP contribution in [0.3, 0.4) is 0 Å². The molecule has 0 fully saturated rings. The smallest absolute Gasteiger partial charge is 0.0660 e. The fraction of sp³-hybridized carbons (Fsp3) is 0.538. The van der Waals surface area contributed by atoms with E-state index in [2.05, 4.69) is 35.0 Å². The molecule has 1 aromatic rings. The molecular weight excluding hydrogens is 252 g/mol. The first-order valence-corrected chi connectivity index (χ1v) is 6.29. The molecule has 0 spiro atoms. The second kappa shape index (κ2) is 5.66. The van der Waals surface area contributed by atoms with E-state index < -0.39 is 5.60 Å². The third-order valence-electron chi connectivity index (χ3n) is 2.57. The lowest BCUT2D eigenvalue weighted by Crippen LogP contribution is -2.26. The van der Waals surface area contributed by atoms with Crippen LogP contribution in [0.4, 0.5) is 0 Å². The Morgan fingerprint density at radius 3 is 2.40 bits per heavy atom. The Morgan fingerprint density at radius 2 is 1.87 bits per heavy atom. The van der Waals surface area contributed by atoms with Crippen LogP contribution < -0.4 is 0 Å². The molecule has 1 unspecified atom stereocenters. The molecule has 0 heterocycles. The Labute approximate surface area is 101 Å². The molecule has 0 aromatic heterocycles. The summed E-state index contributed by atoms with van der Waals surface area (Å²) in [7, 11) is 0. The summed E-state index contributed by atoms with van der Waals surface area (Å²) < 4.78 is 1.08. The van der Waals surface area contributed by atoms with Gasteiger partial charge >= 0.3 is 0 Å². The van der Waals surface area contributed by atoms with Gasteiger partial charge in [0.15, 0.2) is 0 Å². The van der Waals surface area contributed by atoms with Crippen LogP contribution in [0.5, 0.6) is 0 Å². The minimum atomic E-state index is -0.566. The van der Waals surface area contributed by atoms with E-state index in [0.717, 1.165) is 30.2 Å². The molecule has 84 valence electrons. The van der Waals surface area contributed by atoms with Gasteiger partial charge in [0.25, 0.3) is 0 Å². The third-order valence-corrected chi connectivity index (χ3v) is 3.10. The summed E-state index contributed by atoms with van der Waals surface area (Å²) in [4.78, 5) is 0. The Balaban J connectivity index is 2.56.